The van der Waals surface area contributed by atoms with Gasteiger partial charge in [0.1, 0.15) is 22.6 Å². The molecule has 1 unspecified atom stereocenters. The number of hydrogen-bond donors (Lipinski definition) is 2. The number of nitrogens with one attached hydrogen (secondary N) is 1. The third-order valence-electron chi connectivity index (χ3n) is 5.08. The zero-order chi connectivity index (χ0) is 23.1. The first-order valence-electron chi connectivity index (χ1n) is 10.4. The molecule has 1 amide bonds. The van der Waals surface area contributed by atoms with Gasteiger partial charge in [-0.25, -0.2) is 9.79 Å². The Morgan fingerprint density at radius 1 is 1.03 bits per heavy atom. The molecule has 0 saturated carbocycles. The summed E-state index contributed by atoms with van der Waals surface area (Å²) in [7, 11) is 0. The van der Waals surface area contributed by atoms with Crippen molar-refractivity contribution in [2.24, 2.45) is 4.99 Å². The summed E-state index contributed by atoms with van der Waals surface area (Å²) in [5.74, 6) is 0.434. The van der Waals surface area contributed by atoms with E-state index in [0.717, 1.165) is 28.1 Å². The van der Waals surface area contributed by atoms with Crippen molar-refractivity contribution in [3.63, 3.8) is 0 Å². The Kier molecular flexibility index (Phi) is 5.20. The number of phenols is 1. The minimum Gasteiger partial charge on any atom is -0.508 e. The highest BCUT2D eigenvalue weighted by Crippen LogP contribution is 2.46. The Balaban J connectivity index is 1.97. The summed E-state index contributed by atoms with van der Waals surface area (Å²) in [6.45, 7) is 9.25. The fourth-order valence-electron chi connectivity index (χ4n) is 4.04. The average Bonchev–Trinajstić information content (AvgIpc) is 3.01. The minimum absolute atomic E-state index is 0.124. The Morgan fingerprint density at radius 2 is 1.75 bits per heavy atom. The van der Waals surface area contributed by atoms with Crippen LogP contribution in [-0.4, -0.2) is 32.6 Å². The summed E-state index contributed by atoms with van der Waals surface area (Å²) in [6.07, 6.45) is 1.05. The van der Waals surface area contributed by atoms with E-state index in [0.29, 0.717) is 11.5 Å². The summed E-state index contributed by atoms with van der Waals surface area (Å²) in [4.78, 5) is 26.6. The van der Waals surface area contributed by atoms with Gasteiger partial charge in [-0.15, -0.1) is 0 Å². The highest BCUT2D eigenvalue weighted by Gasteiger charge is 2.45. The summed E-state index contributed by atoms with van der Waals surface area (Å²) in [5, 5.41) is 13.0. The number of carbonyl (C=O) groups excluding carboxylic acids is 1. The second-order valence-electron chi connectivity index (χ2n) is 8.89. The zero-order valence-corrected chi connectivity index (χ0v) is 18.8. The molecule has 1 aliphatic heterocycles. The van der Waals surface area contributed by atoms with Crippen LogP contribution in [0.25, 0.3) is 0 Å². The Bertz CT molecular complexity index is 1210. The maximum absolute atomic E-state index is 12.6. The first-order valence-corrected chi connectivity index (χ1v) is 10.4. The van der Waals surface area contributed by atoms with Gasteiger partial charge < -0.3 is 9.84 Å². The van der Waals surface area contributed by atoms with Crippen molar-refractivity contribution in [1.29, 1.82) is 0 Å². The molecule has 0 spiro atoms. The van der Waals surface area contributed by atoms with Crippen molar-refractivity contribution >= 4 is 11.9 Å². The van der Waals surface area contributed by atoms with Crippen LogP contribution < -0.4 is 5.32 Å². The Labute approximate surface area is 187 Å². The second kappa shape index (κ2) is 7.75. The zero-order valence-electron chi connectivity index (χ0n) is 18.8. The van der Waals surface area contributed by atoms with Crippen molar-refractivity contribution < 1.29 is 14.6 Å². The first kappa shape index (κ1) is 21.5. The van der Waals surface area contributed by atoms with Crippen LogP contribution in [0.3, 0.4) is 0 Å². The number of fused-ring (bicyclic) bond motifs is 1. The number of pyridine rings is 2. The standard InChI is InChI=1S/C25H26N4O3/c1-15-12-18(13-16(2)27-15)25(17-8-6-9-19(30)14-17)20-10-7-11-26-21(20)22(29-25)28-23(31)32-24(3,4)5/h6-14,30H,1-5H3,(H,28,29,31). The maximum atomic E-state index is 12.6. The third-order valence-corrected chi connectivity index (χ3v) is 5.08. The number of aromatic hydroxyl groups is 1. The van der Waals surface area contributed by atoms with Gasteiger partial charge in [-0.1, -0.05) is 18.2 Å². The molecule has 32 heavy (non-hydrogen) atoms. The Morgan fingerprint density at radius 3 is 2.41 bits per heavy atom. The van der Waals surface area contributed by atoms with Crippen LogP contribution in [0.4, 0.5) is 4.79 Å². The van der Waals surface area contributed by atoms with Crippen LogP contribution in [0.15, 0.2) is 59.7 Å². The van der Waals surface area contributed by atoms with Gasteiger partial charge in [0.05, 0.1) is 0 Å². The molecule has 2 aromatic heterocycles. The van der Waals surface area contributed by atoms with E-state index >= 15 is 0 Å². The van der Waals surface area contributed by atoms with Gasteiger partial charge in [0.25, 0.3) is 0 Å². The van der Waals surface area contributed by atoms with Crippen LogP contribution in [0, 0.1) is 13.8 Å². The van der Waals surface area contributed by atoms with Crippen LogP contribution in [0.1, 0.15) is 54.5 Å². The van der Waals surface area contributed by atoms with Crippen molar-refractivity contribution in [3.05, 3.63) is 88.5 Å². The minimum atomic E-state index is -1.02. The van der Waals surface area contributed by atoms with Crippen molar-refractivity contribution in [1.82, 2.24) is 15.3 Å². The molecule has 7 nitrogen and oxygen atoms in total. The predicted molar refractivity (Wildman–Crippen MR) is 122 cm³/mol. The smallest absolute Gasteiger partial charge is 0.413 e. The van der Waals surface area contributed by atoms with E-state index in [4.69, 9.17) is 9.73 Å². The van der Waals surface area contributed by atoms with Gasteiger partial charge in [-0.2, -0.15) is 0 Å². The fourth-order valence-corrected chi connectivity index (χ4v) is 4.04. The van der Waals surface area contributed by atoms with E-state index < -0.39 is 17.2 Å². The van der Waals surface area contributed by atoms with Crippen molar-refractivity contribution in [2.45, 2.75) is 45.8 Å². The molecule has 4 rings (SSSR count). The van der Waals surface area contributed by atoms with Gasteiger partial charge in [0.2, 0.25) is 0 Å². The van der Waals surface area contributed by atoms with Crippen LogP contribution in [0.5, 0.6) is 5.75 Å². The third kappa shape index (κ3) is 3.93. The largest absolute Gasteiger partial charge is 0.508 e. The van der Waals surface area contributed by atoms with Crippen molar-refractivity contribution in [3.8, 4) is 5.75 Å². The molecule has 3 heterocycles. The number of ether oxygens (including phenoxy) is 1. The molecule has 0 aliphatic carbocycles. The number of aliphatic imine (C=N–C) groups is 1. The average molecular weight is 431 g/mol. The molecule has 1 atom stereocenters. The molecule has 0 bridgehead atoms. The number of amides is 1. The number of benzene rings is 1. The molecular weight excluding hydrogens is 404 g/mol. The van der Waals surface area contributed by atoms with Gasteiger partial charge in [-0.3, -0.25) is 15.3 Å². The molecule has 0 radical (unpaired) electrons. The Hall–Kier alpha value is -3.74. The number of hydrogen-bond acceptors (Lipinski definition) is 6. The van der Waals surface area contributed by atoms with Gasteiger partial charge >= 0.3 is 6.09 Å². The van der Waals surface area contributed by atoms with Gasteiger partial charge in [0, 0.05) is 23.1 Å². The highest BCUT2D eigenvalue weighted by molar-refractivity contribution is 6.09. The number of nitrogens with zero attached hydrogens (tertiary/aromatic N) is 3. The monoisotopic (exact) mass is 430 g/mol. The number of alkyl carbamates (subject to hydrolysis) is 1. The quantitative estimate of drug-likeness (QED) is 0.629. The normalized spacial score (nSPS) is 17.5. The molecule has 2 N–H and O–H groups in total. The van der Waals surface area contributed by atoms with Crippen LogP contribution in [-0.2, 0) is 10.3 Å². The lowest BCUT2D eigenvalue weighted by Crippen LogP contribution is -2.36. The van der Waals surface area contributed by atoms with Gasteiger partial charge in [-0.05, 0) is 76.1 Å². The summed E-state index contributed by atoms with van der Waals surface area (Å²) in [6, 6.07) is 14.7. The SMILES string of the molecule is Cc1cc(C2(c3cccc(O)c3)N=C(NC(=O)OC(C)(C)C)c3ncccc32)cc(C)n1. The van der Waals surface area contributed by atoms with E-state index in [1.165, 1.54) is 0 Å². The molecule has 3 aromatic rings. The number of amidine groups is 1. The summed E-state index contributed by atoms with van der Waals surface area (Å²) < 4.78 is 5.44. The number of aryl methyl sites for hydroxylation is 2. The topological polar surface area (TPSA) is 96.7 Å². The van der Waals surface area contributed by atoms with Crippen LogP contribution >= 0.6 is 0 Å². The predicted octanol–water partition coefficient (Wildman–Crippen LogP) is 4.38. The van der Waals surface area contributed by atoms with E-state index in [2.05, 4.69) is 15.3 Å². The molecule has 7 heteroatoms. The fraction of sp³-hybridized carbons (Fsp3) is 0.280. The molecule has 0 saturated heterocycles. The summed E-state index contributed by atoms with van der Waals surface area (Å²) >= 11 is 0. The summed E-state index contributed by atoms with van der Waals surface area (Å²) in [5.41, 5.74) is 2.96. The lowest BCUT2D eigenvalue weighted by atomic mass is 9.78. The number of rotatable bonds is 2. The lowest BCUT2D eigenvalue weighted by molar-refractivity contribution is 0.0563. The molecule has 1 aromatic carbocycles. The second-order valence-corrected chi connectivity index (χ2v) is 8.89. The molecule has 164 valence electrons. The van der Waals surface area contributed by atoms with E-state index in [9.17, 15) is 9.90 Å². The van der Waals surface area contributed by atoms with E-state index in [1.807, 2.05) is 44.2 Å². The number of carbonyl (C=O) groups is 1. The van der Waals surface area contributed by atoms with Crippen LogP contribution in [0.2, 0.25) is 0 Å². The first-order chi connectivity index (χ1) is 15.1. The molecule has 0 fully saturated rings. The molecular formula is C25H26N4O3. The van der Waals surface area contributed by atoms with Gasteiger partial charge in [0.15, 0.2) is 5.84 Å². The van der Waals surface area contributed by atoms with E-state index in [1.54, 1.807) is 45.2 Å². The highest BCUT2D eigenvalue weighted by atomic mass is 16.6. The van der Waals surface area contributed by atoms with E-state index in [-0.39, 0.29) is 5.75 Å². The number of aromatic nitrogens is 2. The number of phenolic OH excluding ortho intramolecular Hbond substituents is 1. The van der Waals surface area contributed by atoms with Crippen molar-refractivity contribution in [2.75, 3.05) is 0 Å². The molecule has 1 aliphatic rings. The lowest BCUT2D eigenvalue weighted by Gasteiger charge is -2.29. The maximum Gasteiger partial charge on any atom is 0.413 e.